The third-order valence-electron chi connectivity index (χ3n) is 1.89. The summed E-state index contributed by atoms with van der Waals surface area (Å²) in [5, 5.41) is 1.37. The number of hydrogen-bond acceptors (Lipinski definition) is 3. The van der Waals surface area contributed by atoms with Gasteiger partial charge in [0.1, 0.15) is 5.75 Å². The Balaban J connectivity index is 2.78. The van der Waals surface area contributed by atoms with Crippen molar-refractivity contribution in [2.75, 3.05) is 12.8 Å². The van der Waals surface area contributed by atoms with Crippen LogP contribution in [0.15, 0.2) is 17.1 Å². The molecule has 2 rings (SSSR count). The van der Waals surface area contributed by atoms with E-state index in [-0.39, 0.29) is 5.91 Å². The average molecular weight is 176 g/mol. The van der Waals surface area contributed by atoms with Gasteiger partial charge in [0.25, 0.3) is 5.91 Å². The lowest BCUT2D eigenvalue weighted by molar-refractivity contribution is -0.112. The summed E-state index contributed by atoms with van der Waals surface area (Å²) < 4.78 is 5.00. The molecule has 0 fully saturated rings. The van der Waals surface area contributed by atoms with E-state index in [1.54, 1.807) is 12.1 Å². The van der Waals surface area contributed by atoms with Crippen LogP contribution in [0.4, 0.5) is 5.69 Å². The van der Waals surface area contributed by atoms with Gasteiger partial charge in [0.2, 0.25) is 0 Å². The molecule has 1 aromatic rings. The highest BCUT2D eigenvalue weighted by Crippen LogP contribution is 2.15. The Bertz CT molecular complexity index is 491. The molecule has 1 aliphatic heterocycles. The topological polar surface area (TPSA) is 64.7 Å². The number of amides is 1. The minimum absolute atomic E-state index is 0.248. The minimum atomic E-state index is -0.248. The maximum absolute atomic E-state index is 10.9. The number of carbonyl (C=O) groups is 1. The Hall–Kier alpha value is -1.84. The van der Waals surface area contributed by atoms with E-state index in [0.717, 1.165) is 5.22 Å². The van der Waals surface area contributed by atoms with Gasteiger partial charge in [0.15, 0.2) is 0 Å². The highest BCUT2D eigenvalue weighted by Gasteiger charge is 2.06. The van der Waals surface area contributed by atoms with Gasteiger partial charge in [-0.2, -0.15) is 0 Å². The Morgan fingerprint density at radius 3 is 2.92 bits per heavy atom. The molecule has 0 aromatic heterocycles. The molecule has 1 heterocycles. The van der Waals surface area contributed by atoms with E-state index in [1.807, 2.05) is 0 Å². The van der Waals surface area contributed by atoms with Crippen molar-refractivity contribution in [2.24, 2.45) is 4.99 Å². The Morgan fingerprint density at radius 2 is 2.23 bits per heavy atom. The van der Waals surface area contributed by atoms with Gasteiger partial charge in [-0.15, -0.1) is 0 Å². The molecular formula is C9H8N2O2. The molecule has 0 saturated heterocycles. The van der Waals surface area contributed by atoms with Crippen LogP contribution in [0.2, 0.25) is 0 Å². The van der Waals surface area contributed by atoms with Crippen molar-refractivity contribution in [1.82, 2.24) is 0 Å². The quantitative estimate of drug-likeness (QED) is 0.571. The summed E-state index contributed by atoms with van der Waals surface area (Å²) in [6.45, 7) is 0. The van der Waals surface area contributed by atoms with Crippen LogP contribution in [-0.4, -0.2) is 13.0 Å². The van der Waals surface area contributed by atoms with E-state index in [0.29, 0.717) is 16.8 Å². The lowest BCUT2D eigenvalue weighted by atomic mass is 10.2. The predicted molar refractivity (Wildman–Crippen MR) is 47.7 cm³/mol. The molecule has 13 heavy (non-hydrogen) atoms. The molecule has 4 heteroatoms. The van der Waals surface area contributed by atoms with Gasteiger partial charge in [-0.1, -0.05) is 0 Å². The van der Waals surface area contributed by atoms with E-state index < -0.39 is 0 Å². The standard InChI is InChI=1S/C9H8N2O2/c1-13-8-4-7-5(2-6(8)10)3-9(12)11-7/h2-4H,10H2,1H3. The van der Waals surface area contributed by atoms with Crippen LogP contribution in [0, 0.1) is 0 Å². The molecule has 0 saturated carbocycles. The summed E-state index contributed by atoms with van der Waals surface area (Å²) in [7, 11) is 1.53. The van der Waals surface area contributed by atoms with E-state index in [2.05, 4.69) is 4.99 Å². The SMILES string of the molecule is COc1cc2c(cc1N)=CC(=O)N=2. The number of benzene rings is 1. The van der Waals surface area contributed by atoms with Crippen molar-refractivity contribution in [3.8, 4) is 5.75 Å². The van der Waals surface area contributed by atoms with E-state index >= 15 is 0 Å². The van der Waals surface area contributed by atoms with Crippen molar-refractivity contribution >= 4 is 17.7 Å². The molecule has 0 spiro atoms. The van der Waals surface area contributed by atoms with Gasteiger partial charge in [-0.25, -0.2) is 4.99 Å². The van der Waals surface area contributed by atoms with Crippen LogP contribution >= 0.6 is 0 Å². The smallest absolute Gasteiger partial charge is 0.270 e. The number of nitrogens with zero attached hydrogens (tertiary/aromatic N) is 1. The van der Waals surface area contributed by atoms with Crippen LogP contribution in [0.3, 0.4) is 0 Å². The maximum Gasteiger partial charge on any atom is 0.270 e. The van der Waals surface area contributed by atoms with E-state index in [4.69, 9.17) is 10.5 Å². The maximum atomic E-state index is 10.9. The van der Waals surface area contributed by atoms with Gasteiger partial charge < -0.3 is 10.5 Å². The van der Waals surface area contributed by atoms with Crippen molar-refractivity contribution in [3.63, 3.8) is 0 Å². The minimum Gasteiger partial charge on any atom is -0.495 e. The summed E-state index contributed by atoms with van der Waals surface area (Å²) in [5.41, 5.74) is 6.17. The average Bonchev–Trinajstić information content (AvgIpc) is 2.42. The molecule has 0 aliphatic carbocycles. The van der Waals surface area contributed by atoms with Crippen molar-refractivity contribution in [2.45, 2.75) is 0 Å². The largest absolute Gasteiger partial charge is 0.495 e. The highest BCUT2D eigenvalue weighted by molar-refractivity contribution is 6.06. The zero-order valence-corrected chi connectivity index (χ0v) is 7.07. The monoisotopic (exact) mass is 176 g/mol. The lowest BCUT2D eigenvalue weighted by Crippen LogP contribution is -2.22. The zero-order valence-electron chi connectivity index (χ0n) is 7.07. The van der Waals surface area contributed by atoms with Gasteiger partial charge in [-0.05, 0) is 6.07 Å². The number of rotatable bonds is 1. The van der Waals surface area contributed by atoms with Crippen LogP contribution in [0.25, 0.3) is 6.08 Å². The summed E-state index contributed by atoms with van der Waals surface area (Å²) in [4.78, 5) is 14.7. The molecule has 2 N–H and O–H groups in total. The zero-order chi connectivity index (χ0) is 9.42. The normalized spacial score (nSPS) is 13.2. The Labute approximate surface area is 74.3 Å². The van der Waals surface area contributed by atoms with Gasteiger partial charge >= 0.3 is 0 Å². The second-order valence-electron chi connectivity index (χ2n) is 2.75. The summed E-state index contributed by atoms with van der Waals surface area (Å²) >= 11 is 0. The first kappa shape index (κ1) is 7.79. The number of anilines is 1. The first-order chi connectivity index (χ1) is 6.20. The number of methoxy groups -OCH3 is 1. The molecule has 0 unspecified atom stereocenters. The second-order valence-corrected chi connectivity index (χ2v) is 2.75. The summed E-state index contributed by atoms with van der Waals surface area (Å²) in [6.07, 6.45) is 1.45. The van der Waals surface area contributed by atoms with E-state index in [1.165, 1.54) is 13.2 Å². The van der Waals surface area contributed by atoms with Gasteiger partial charge in [-0.3, -0.25) is 4.79 Å². The molecule has 66 valence electrons. The van der Waals surface area contributed by atoms with E-state index in [9.17, 15) is 4.79 Å². The number of nitrogens with two attached hydrogens (primary N) is 1. The lowest BCUT2D eigenvalue weighted by Gasteiger charge is -2.01. The summed E-state index contributed by atoms with van der Waals surface area (Å²) in [5.74, 6) is 0.299. The van der Waals surface area contributed by atoms with Crippen LogP contribution < -0.4 is 21.0 Å². The van der Waals surface area contributed by atoms with Gasteiger partial charge in [0.05, 0.1) is 18.2 Å². The molecule has 0 radical (unpaired) electrons. The number of carbonyl (C=O) groups excluding carboxylic acids is 1. The first-order valence-electron chi connectivity index (χ1n) is 3.78. The predicted octanol–water partition coefficient (Wildman–Crippen LogP) is -0.782. The number of nitrogen functional groups attached to an aromatic ring is 1. The highest BCUT2D eigenvalue weighted by atomic mass is 16.5. The Kier molecular flexibility index (Phi) is 1.55. The molecule has 4 nitrogen and oxygen atoms in total. The fraction of sp³-hybridized carbons (Fsp3) is 0.111. The third kappa shape index (κ3) is 1.16. The second kappa shape index (κ2) is 2.58. The number of hydrogen-bond donors (Lipinski definition) is 1. The molecule has 1 aliphatic rings. The van der Waals surface area contributed by atoms with Crippen molar-refractivity contribution < 1.29 is 9.53 Å². The Morgan fingerprint density at radius 1 is 1.46 bits per heavy atom. The van der Waals surface area contributed by atoms with Crippen molar-refractivity contribution in [1.29, 1.82) is 0 Å². The molecule has 0 bridgehead atoms. The molecule has 1 amide bonds. The fourth-order valence-electron chi connectivity index (χ4n) is 1.28. The number of fused-ring (bicyclic) bond motifs is 1. The molecular weight excluding hydrogens is 168 g/mol. The van der Waals surface area contributed by atoms with Crippen LogP contribution in [0.1, 0.15) is 0 Å². The number of ether oxygens (including phenoxy) is 1. The van der Waals surface area contributed by atoms with Crippen molar-refractivity contribution in [3.05, 3.63) is 22.7 Å². The van der Waals surface area contributed by atoms with Crippen LogP contribution in [0.5, 0.6) is 5.75 Å². The molecule has 1 aromatic carbocycles. The van der Waals surface area contributed by atoms with Gasteiger partial charge in [0, 0.05) is 17.4 Å². The molecule has 0 atom stereocenters. The third-order valence-corrected chi connectivity index (χ3v) is 1.89. The fourth-order valence-corrected chi connectivity index (χ4v) is 1.28. The summed E-state index contributed by atoms with van der Waals surface area (Å²) in [6, 6.07) is 3.34. The first-order valence-corrected chi connectivity index (χ1v) is 3.78. The van der Waals surface area contributed by atoms with Crippen LogP contribution in [-0.2, 0) is 4.79 Å².